The summed E-state index contributed by atoms with van der Waals surface area (Å²) in [6.07, 6.45) is 9.91. The Hall–Kier alpha value is -2.42. The SMILES string of the molecule is C[C@H]1[C@H](C)CCC[C@@H]1NC(=O)[C@@H]1N(CCN2CCCC[C@@H]2C)C(=O)[C@@H]2[C@H](C(=O)Nc3ccc(Cl)cc3)[C@@H]3C=C[C@]21O3. The summed E-state index contributed by atoms with van der Waals surface area (Å²) in [6, 6.07) is 6.61. The number of fused-ring (bicyclic) bond motifs is 1. The number of nitrogens with zero attached hydrogens (tertiary/aromatic N) is 2. The fraction of sp³-hybridized carbons (Fsp3) is 0.656. The van der Waals surface area contributed by atoms with Crippen molar-refractivity contribution >= 4 is 35.0 Å². The first kappa shape index (κ1) is 28.7. The number of nitrogens with one attached hydrogen (secondary N) is 2. The molecule has 0 radical (unpaired) electrons. The van der Waals surface area contributed by atoms with Crippen molar-refractivity contribution in [3.8, 4) is 0 Å². The standard InChI is InChI=1S/C32H43ClN4O4/c1-19-7-6-9-24(21(19)3)35-30(39)28-32-15-14-25(41-32)26(29(38)34-23-12-10-22(33)11-13-23)27(32)31(40)37(28)18-17-36-16-5-4-8-20(36)2/h10-15,19-21,24-28H,4-9,16-18H2,1-3H3,(H,34,38)(H,35,39)/t19-,20+,21+,24+,25+,26-,27+,28+,32+/m1/s1. The van der Waals surface area contributed by atoms with Crippen LogP contribution in [0.2, 0.25) is 5.02 Å². The van der Waals surface area contributed by atoms with Gasteiger partial charge < -0.3 is 20.3 Å². The van der Waals surface area contributed by atoms with Crippen LogP contribution in [0.3, 0.4) is 0 Å². The molecule has 41 heavy (non-hydrogen) atoms. The van der Waals surface area contributed by atoms with E-state index >= 15 is 0 Å². The molecule has 8 nitrogen and oxygen atoms in total. The topological polar surface area (TPSA) is 91.0 Å². The second kappa shape index (κ2) is 11.3. The Labute approximate surface area is 248 Å². The smallest absolute Gasteiger partial charge is 0.246 e. The Kier molecular flexibility index (Phi) is 7.94. The second-order valence-electron chi connectivity index (χ2n) is 13.0. The van der Waals surface area contributed by atoms with Crippen LogP contribution in [0.5, 0.6) is 0 Å². The van der Waals surface area contributed by atoms with Crippen LogP contribution in [-0.2, 0) is 19.1 Å². The van der Waals surface area contributed by atoms with Gasteiger partial charge in [-0.25, -0.2) is 0 Å². The first-order chi connectivity index (χ1) is 19.7. The molecule has 6 rings (SSSR count). The number of carbonyl (C=O) groups is 3. The highest BCUT2D eigenvalue weighted by Gasteiger charge is 2.72. The molecule has 9 heteroatoms. The lowest BCUT2D eigenvalue weighted by molar-refractivity contribution is -0.142. The summed E-state index contributed by atoms with van der Waals surface area (Å²) in [5, 5.41) is 6.88. The van der Waals surface area contributed by atoms with Crippen LogP contribution in [0.25, 0.3) is 0 Å². The number of anilines is 1. The Bertz CT molecular complexity index is 1210. The number of piperidine rings is 1. The number of ether oxygens (including phenoxy) is 1. The Morgan fingerprint density at radius 1 is 1.02 bits per heavy atom. The lowest BCUT2D eigenvalue weighted by Gasteiger charge is -2.39. The molecule has 222 valence electrons. The van der Waals surface area contributed by atoms with Gasteiger partial charge in [0.2, 0.25) is 17.7 Å². The van der Waals surface area contributed by atoms with E-state index in [0.29, 0.717) is 41.7 Å². The molecule has 3 amide bonds. The third-order valence-corrected chi connectivity index (χ3v) is 10.9. The van der Waals surface area contributed by atoms with E-state index in [1.807, 2.05) is 12.2 Å². The molecule has 2 bridgehead atoms. The van der Waals surface area contributed by atoms with Crippen molar-refractivity contribution in [2.24, 2.45) is 23.7 Å². The number of rotatable bonds is 7. The number of hydrogen-bond donors (Lipinski definition) is 2. The molecule has 1 aromatic carbocycles. The molecule has 1 saturated carbocycles. The molecular weight excluding hydrogens is 540 g/mol. The fourth-order valence-electron chi connectivity index (χ4n) is 8.04. The molecule has 2 N–H and O–H groups in total. The molecule has 1 aliphatic carbocycles. The molecule has 0 aromatic heterocycles. The van der Waals surface area contributed by atoms with E-state index in [4.69, 9.17) is 16.3 Å². The van der Waals surface area contributed by atoms with E-state index in [1.165, 1.54) is 12.8 Å². The van der Waals surface area contributed by atoms with Gasteiger partial charge in [0.05, 0.1) is 17.9 Å². The van der Waals surface area contributed by atoms with Gasteiger partial charge in [-0.05, 0) is 68.8 Å². The highest BCUT2D eigenvalue weighted by atomic mass is 35.5. The first-order valence-electron chi connectivity index (χ1n) is 15.5. The number of likely N-dealkylation sites (tertiary alicyclic amines) is 2. The van der Waals surface area contributed by atoms with Crippen molar-refractivity contribution < 1.29 is 19.1 Å². The van der Waals surface area contributed by atoms with Crippen molar-refractivity contribution in [2.45, 2.75) is 89.1 Å². The van der Waals surface area contributed by atoms with Crippen LogP contribution in [0, 0.1) is 23.7 Å². The normalized spacial score (nSPS) is 38.2. The predicted octanol–water partition coefficient (Wildman–Crippen LogP) is 4.24. The summed E-state index contributed by atoms with van der Waals surface area (Å²) in [5.41, 5.74) is -0.540. The van der Waals surface area contributed by atoms with Gasteiger partial charge in [-0.15, -0.1) is 0 Å². The van der Waals surface area contributed by atoms with E-state index in [0.717, 1.165) is 32.2 Å². The molecule has 4 heterocycles. The lowest BCUT2D eigenvalue weighted by Crippen LogP contribution is -2.58. The van der Waals surface area contributed by atoms with Crippen LogP contribution >= 0.6 is 11.6 Å². The van der Waals surface area contributed by atoms with Gasteiger partial charge in [-0.1, -0.05) is 56.9 Å². The van der Waals surface area contributed by atoms with Gasteiger partial charge in [0, 0.05) is 35.9 Å². The highest BCUT2D eigenvalue weighted by molar-refractivity contribution is 6.30. The summed E-state index contributed by atoms with van der Waals surface area (Å²) in [5.74, 6) is -1.18. The fourth-order valence-corrected chi connectivity index (χ4v) is 8.17. The zero-order valence-electron chi connectivity index (χ0n) is 24.4. The molecule has 4 aliphatic heterocycles. The average molecular weight is 583 g/mol. The van der Waals surface area contributed by atoms with Crippen molar-refractivity contribution in [3.05, 3.63) is 41.4 Å². The molecule has 1 spiro atoms. The van der Waals surface area contributed by atoms with E-state index in [2.05, 4.69) is 36.3 Å². The minimum atomic E-state index is -1.15. The zero-order valence-corrected chi connectivity index (χ0v) is 25.1. The van der Waals surface area contributed by atoms with Crippen LogP contribution < -0.4 is 10.6 Å². The van der Waals surface area contributed by atoms with Crippen molar-refractivity contribution in [3.63, 3.8) is 0 Å². The maximum Gasteiger partial charge on any atom is 0.246 e. The maximum absolute atomic E-state index is 14.3. The molecule has 0 unspecified atom stereocenters. The molecular formula is C32H43ClN4O4. The van der Waals surface area contributed by atoms with Gasteiger partial charge in [-0.3, -0.25) is 19.3 Å². The molecule has 1 aromatic rings. The average Bonchev–Trinajstić information content (AvgIpc) is 3.59. The van der Waals surface area contributed by atoms with Crippen LogP contribution in [0.15, 0.2) is 36.4 Å². The van der Waals surface area contributed by atoms with Crippen LogP contribution in [-0.4, -0.2) is 77.0 Å². The zero-order chi connectivity index (χ0) is 28.9. The lowest BCUT2D eigenvalue weighted by atomic mass is 9.73. The van der Waals surface area contributed by atoms with Crippen molar-refractivity contribution in [1.82, 2.24) is 15.1 Å². The monoisotopic (exact) mass is 582 g/mol. The molecule has 9 atom stereocenters. The quantitative estimate of drug-likeness (QED) is 0.469. The van der Waals surface area contributed by atoms with Gasteiger partial charge in [0.1, 0.15) is 11.6 Å². The number of carbonyl (C=O) groups excluding carboxylic acids is 3. The second-order valence-corrected chi connectivity index (χ2v) is 13.4. The Morgan fingerprint density at radius 3 is 2.56 bits per heavy atom. The number of halogens is 1. The van der Waals surface area contributed by atoms with E-state index in [-0.39, 0.29) is 23.8 Å². The van der Waals surface area contributed by atoms with E-state index < -0.39 is 29.6 Å². The van der Waals surface area contributed by atoms with Crippen LogP contribution in [0.1, 0.15) is 59.3 Å². The third kappa shape index (κ3) is 5.10. The number of benzene rings is 1. The summed E-state index contributed by atoms with van der Waals surface area (Å²) in [7, 11) is 0. The largest absolute Gasteiger partial charge is 0.359 e. The van der Waals surface area contributed by atoms with Crippen LogP contribution in [0.4, 0.5) is 5.69 Å². The van der Waals surface area contributed by atoms with Gasteiger partial charge >= 0.3 is 0 Å². The van der Waals surface area contributed by atoms with Crippen molar-refractivity contribution in [2.75, 3.05) is 25.0 Å². The van der Waals surface area contributed by atoms with Gasteiger partial charge in [0.15, 0.2) is 0 Å². The summed E-state index contributed by atoms with van der Waals surface area (Å²) >= 11 is 6.03. The first-order valence-corrected chi connectivity index (χ1v) is 15.9. The van der Waals surface area contributed by atoms with E-state index in [1.54, 1.807) is 29.2 Å². The number of hydrogen-bond acceptors (Lipinski definition) is 5. The predicted molar refractivity (Wildman–Crippen MR) is 158 cm³/mol. The molecule has 4 fully saturated rings. The third-order valence-electron chi connectivity index (χ3n) is 10.6. The summed E-state index contributed by atoms with van der Waals surface area (Å²) in [6.45, 7) is 8.82. The maximum atomic E-state index is 14.3. The minimum absolute atomic E-state index is 0.0624. The van der Waals surface area contributed by atoms with Crippen molar-refractivity contribution in [1.29, 1.82) is 0 Å². The molecule has 3 saturated heterocycles. The minimum Gasteiger partial charge on any atom is -0.359 e. The highest BCUT2D eigenvalue weighted by Crippen LogP contribution is 2.55. The summed E-state index contributed by atoms with van der Waals surface area (Å²) in [4.78, 5) is 46.3. The summed E-state index contributed by atoms with van der Waals surface area (Å²) < 4.78 is 6.53. The Morgan fingerprint density at radius 2 is 1.80 bits per heavy atom. The van der Waals surface area contributed by atoms with Gasteiger partial charge in [-0.2, -0.15) is 0 Å². The van der Waals surface area contributed by atoms with E-state index in [9.17, 15) is 14.4 Å². The Balaban J connectivity index is 1.28. The number of amides is 3. The molecule has 5 aliphatic rings. The van der Waals surface area contributed by atoms with Gasteiger partial charge in [0.25, 0.3) is 0 Å².